The summed E-state index contributed by atoms with van der Waals surface area (Å²) in [6.07, 6.45) is 5.98. The molecule has 1 unspecified atom stereocenters. The quantitative estimate of drug-likeness (QED) is 0.793. The van der Waals surface area contributed by atoms with Crippen LogP contribution in [0.4, 0.5) is 0 Å². The van der Waals surface area contributed by atoms with Crippen LogP contribution in [0.25, 0.3) is 0 Å². The number of rotatable bonds is 5. The summed E-state index contributed by atoms with van der Waals surface area (Å²) in [6, 6.07) is 0.213. The number of aliphatic hydroxyl groups is 1. The van der Waals surface area contributed by atoms with E-state index in [2.05, 4.69) is 15.2 Å². The van der Waals surface area contributed by atoms with E-state index in [0.29, 0.717) is 6.54 Å². The van der Waals surface area contributed by atoms with Gasteiger partial charge in [0.05, 0.1) is 19.3 Å². The highest BCUT2D eigenvalue weighted by Crippen LogP contribution is 2.16. The van der Waals surface area contributed by atoms with E-state index >= 15 is 0 Å². The first kappa shape index (κ1) is 14.0. The van der Waals surface area contributed by atoms with E-state index in [4.69, 9.17) is 5.11 Å². The smallest absolute Gasteiger partial charge is 0.358 e. The zero-order valence-corrected chi connectivity index (χ0v) is 10.9. The minimum atomic E-state index is -1.06. The third-order valence-electron chi connectivity index (χ3n) is 3.58. The Kier molecular flexibility index (Phi) is 4.86. The molecule has 106 valence electrons. The Morgan fingerprint density at radius 3 is 2.89 bits per heavy atom. The topological polar surface area (TPSA) is 91.5 Å². The average Bonchev–Trinajstić information content (AvgIpc) is 2.76. The van der Waals surface area contributed by atoms with Gasteiger partial charge in [0.15, 0.2) is 5.69 Å². The van der Waals surface area contributed by atoms with E-state index in [1.165, 1.54) is 12.6 Å². The fourth-order valence-electron chi connectivity index (χ4n) is 2.47. The van der Waals surface area contributed by atoms with Crippen LogP contribution in [0.5, 0.6) is 0 Å². The second-order valence-electron chi connectivity index (χ2n) is 4.89. The molecule has 0 bridgehead atoms. The maximum absolute atomic E-state index is 10.7. The molecule has 1 atom stereocenters. The first-order chi connectivity index (χ1) is 9.20. The van der Waals surface area contributed by atoms with Gasteiger partial charge in [-0.05, 0) is 19.4 Å². The number of carboxylic acids is 1. The number of aliphatic hydroxyl groups excluding tert-OH is 1. The summed E-state index contributed by atoms with van der Waals surface area (Å²) < 4.78 is 1.54. The molecule has 2 heterocycles. The Balaban J connectivity index is 1.90. The molecule has 0 radical (unpaired) electrons. The molecule has 7 nitrogen and oxygen atoms in total. The second-order valence-corrected chi connectivity index (χ2v) is 4.89. The zero-order valence-electron chi connectivity index (χ0n) is 10.9. The molecule has 1 saturated heterocycles. The van der Waals surface area contributed by atoms with E-state index in [9.17, 15) is 9.90 Å². The standard InChI is InChI=1S/C12H20N4O3/c17-9-10-4-2-1-3-5-15(10)6-7-16-8-11(12(18)19)13-14-16/h8,10,17H,1-7,9H2,(H,18,19). The largest absolute Gasteiger partial charge is 0.476 e. The summed E-state index contributed by atoms with van der Waals surface area (Å²) in [5, 5.41) is 25.6. The molecule has 1 aromatic heterocycles. The van der Waals surface area contributed by atoms with Crippen molar-refractivity contribution in [3.8, 4) is 0 Å². The number of hydrogen-bond donors (Lipinski definition) is 2. The van der Waals surface area contributed by atoms with Crippen LogP contribution >= 0.6 is 0 Å². The Morgan fingerprint density at radius 1 is 1.37 bits per heavy atom. The van der Waals surface area contributed by atoms with Gasteiger partial charge in [0.25, 0.3) is 0 Å². The van der Waals surface area contributed by atoms with E-state index in [1.807, 2.05) is 0 Å². The fraction of sp³-hybridized carbons (Fsp3) is 0.750. The van der Waals surface area contributed by atoms with Gasteiger partial charge in [-0.3, -0.25) is 9.58 Å². The molecule has 0 spiro atoms. The zero-order chi connectivity index (χ0) is 13.7. The molecule has 1 aliphatic rings. The number of nitrogens with zero attached hydrogens (tertiary/aromatic N) is 4. The van der Waals surface area contributed by atoms with Crippen molar-refractivity contribution in [3.05, 3.63) is 11.9 Å². The Bertz CT molecular complexity index is 421. The van der Waals surface area contributed by atoms with Gasteiger partial charge >= 0.3 is 5.97 Å². The minimum absolute atomic E-state index is 0.0328. The number of hydrogen-bond acceptors (Lipinski definition) is 5. The Morgan fingerprint density at radius 2 is 2.21 bits per heavy atom. The second kappa shape index (κ2) is 6.63. The third kappa shape index (κ3) is 3.74. The van der Waals surface area contributed by atoms with Gasteiger partial charge in [-0.25, -0.2) is 4.79 Å². The summed E-state index contributed by atoms with van der Waals surface area (Å²) in [7, 11) is 0. The molecule has 0 saturated carbocycles. The van der Waals surface area contributed by atoms with Crippen molar-refractivity contribution >= 4 is 5.97 Å². The van der Waals surface area contributed by atoms with Crippen LogP contribution in [0.15, 0.2) is 6.20 Å². The molecule has 7 heteroatoms. The number of carbonyl (C=O) groups is 1. The van der Waals surface area contributed by atoms with E-state index in [-0.39, 0.29) is 18.3 Å². The minimum Gasteiger partial charge on any atom is -0.476 e. The molecule has 1 aromatic rings. The van der Waals surface area contributed by atoms with Crippen LogP contribution in [0, 0.1) is 0 Å². The summed E-state index contributed by atoms with van der Waals surface area (Å²) in [4.78, 5) is 13.0. The van der Waals surface area contributed by atoms with Crippen LogP contribution < -0.4 is 0 Å². The summed E-state index contributed by atoms with van der Waals surface area (Å²) in [5.74, 6) is -1.06. The van der Waals surface area contributed by atoms with Crippen LogP contribution in [-0.4, -0.2) is 61.8 Å². The molecular weight excluding hydrogens is 248 g/mol. The number of likely N-dealkylation sites (tertiary alicyclic amines) is 1. The molecule has 0 amide bonds. The van der Waals surface area contributed by atoms with Crippen molar-refractivity contribution in [1.82, 2.24) is 19.9 Å². The van der Waals surface area contributed by atoms with Crippen LogP contribution in [0.2, 0.25) is 0 Å². The summed E-state index contributed by atoms with van der Waals surface area (Å²) in [5.41, 5.74) is -0.0328. The van der Waals surface area contributed by atoms with Crippen molar-refractivity contribution in [3.63, 3.8) is 0 Å². The first-order valence-corrected chi connectivity index (χ1v) is 6.69. The van der Waals surface area contributed by atoms with Crippen molar-refractivity contribution < 1.29 is 15.0 Å². The SMILES string of the molecule is O=C(O)c1cn(CCN2CCCCCC2CO)nn1. The van der Waals surface area contributed by atoms with E-state index < -0.39 is 5.97 Å². The summed E-state index contributed by atoms with van der Waals surface area (Å²) in [6.45, 7) is 2.51. The highest BCUT2D eigenvalue weighted by molar-refractivity contribution is 5.84. The molecule has 1 aliphatic heterocycles. The van der Waals surface area contributed by atoms with Gasteiger partial charge in [-0.2, -0.15) is 0 Å². The number of aromatic nitrogens is 3. The average molecular weight is 268 g/mol. The van der Waals surface area contributed by atoms with Crippen LogP contribution in [0.1, 0.15) is 36.2 Å². The highest BCUT2D eigenvalue weighted by Gasteiger charge is 2.20. The number of aromatic carboxylic acids is 1. The van der Waals surface area contributed by atoms with Crippen molar-refractivity contribution in [2.24, 2.45) is 0 Å². The molecule has 2 N–H and O–H groups in total. The molecule has 0 aliphatic carbocycles. The first-order valence-electron chi connectivity index (χ1n) is 6.69. The lowest BCUT2D eigenvalue weighted by Gasteiger charge is -2.28. The maximum Gasteiger partial charge on any atom is 0.358 e. The Labute approximate surface area is 111 Å². The van der Waals surface area contributed by atoms with Gasteiger partial charge in [0, 0.05) is 12.6 Å². The molecule has 2 rings (SSSR count). The maximum atomic E-state index is 10.7. The predicted octanol–water partition coefficient (Wildman–Crippen LogP) is 0.213. The molecule has 0 aromatic carbocycles. The molecule has 19 heavy (non-hydrogen) atoms. The van der Waals surface area contributed by atoms with Crippen LogP contribution in [0.3, 0.4) is 0 Å². The lowest BCUT2D eigenvalue weighted by atomic mass is 10.1. The Hall–Kier alpha value is -1.47. The van der Waals surface area contributed by atoms with E-state index in [0.717, 1.165) is 32.4 Å². The van der Waals surface area contributed by atoms with Gasteiger partial charge in [0.1, 0.15) is 0 Å². The van der Waals surface area contributed by atoms with Gasteiger partial charge < -0.3 is 10.2 Å². The van der Waals surface area contributed by atoms with Crippen molar-refractivity contribution in [2.45, 2.75) is 38.3 Å². The number of carboxylic acid groups (broad SMARTS) is 1. The lowest BCUT2D eigenvalue weighted by Crippen LogP contribution is -2.39. The fourth-order valence-corrected chi connectivity index (χ4v) is 2.47. The lowest BCUT2D eigenvalue weighted by molar-refractivity contribution is 0.0690. The normalized spacial score (nSPS) is 21.2. The van der Waals surface area contributed by atoms with Crippen molar-refractivity contribution in [1.29, 1.82) is 0 Å². The molecular formula is C12H20N4O3. The van der Waals surface area contributed by atoms with Gasteiger partial charge in [0.2, 0.25) is 0 Å². The van der Waals surface area contributed by atoms with Crippen molar-refractivity contribution in [2.75, 3.05) is 19.7 Å². The van der Waals surface area contributed by atoms with Gasteiger partial charge in [-0.15, -0.1) is 5.10 Å². The monoisotopic (exact) mass is 268 g/mol. The van der Waals surface area contributed by atoms with E-state index in [1.54, 1.807) is 4.68 Å². The van der Waals surface area contributed by atoms with Crippen LogP contribution in [-0.2, 0) is 6.54 Å². The molecule has 1 fully saturated rings. The predicted molar refractivity (Wildman–Crippen MR) is 67.9 cm³/mol. The third-order valence-corrected chi connectivity index (χ3v) is 3.58. The van der Waals surface area contributed by atoms with Gasteiger partial charge in [-0.1, -0.05) is 18.1 Å². The summed E-state index contributed by atoms with van der Waals surface area (Å²) >= 11 is 0. The highest BCUT2D eigenvalue weighted by atomic mass is 16.4.